The predicted molar refractivity (Wildman–Crippen MR) is 77.6 cm³/mol. The third-order valence-corrected chi connectivity index (χ3v) is 2.83. The van der Waals surface area contributed by atoms with Gasteiger partial charge in [-0.05, 0) is 31.2 Å². The lowest BCUT2D eigenvalue weighted by Gasteiger charge is -2.03. The molecule has 1 heterocycles. The zero-order valence-electron chi connectivity index (χ0n) is 12.4. The molecule has 112 valence electrons. The van der Waals surface area contributed by atoms with Gasteiger partial charge in [-0.15, -0.1) is 0 Å². The van der Waals surface area contributed by atoms with E-state index in [9.17, 15) is 4.79 Å². The molecular weight excluding hydrogens is 270 g/mol. The van der Waals surface area contributed by atoms with E-state index in [0.29, 0.717) is 18.3 Å². The van der Waals surface area contributed by atoms with Gasteiger partial charge in [0.2, 0.25) is 17.6 Å². The van der Waals surface area contributed by atoms with Crippen molar-refractivity contribution in [1.82, 2.24) is 15.5 Å². The molecule has 6 nitrogen and oxygen atoms in total. The van der Waals surface area contributed by atoms with E-state index in [1.807, 2.05) is 45.0 Å². The third-order valence-electron chi connectivity index (χ3n) is 2.83. The molecule has 0 unspecified atom stereocenters. The summed E-state index contributed by atoms with van der Waals surface area (Å²) in [5.74, 6) is 1.56. The number of carbonyl (C=O) groups excluding carboxylic acids is 1. The molecule has 0 aliphatic heterocycles. The van der Waals surface area contributed by atoms with Gasteiger partial charge in [0.05, 0.1) is 13.2 Å². The molecule has 6 heteroatoms. The number of rotatable bonds is 6. The second-order valence-corrected chi connectivity index (χ2v) is 4.84. The van der Waals surface area contributed by atoms with Crippen LogP contribution in [0.2, 0.25) is 0 Å². The first-order chi connectivity index (χ1) is 10.1. The Balaban J connectivity index is 2.00. The Morgan fingerprint density at radius 1 is 1.33 bits per heavy atom. The van der Waals surface area contributed by atoms with E-state index in [4.69, 9.17) is 9.26 Å². The first kappa shape index (κ1) is 15.0. The second-order valence-electron chi connectivity index (χ2n) is 4.84. The van der Waals surface area contributed by atoms with E-state index in [2.05, 4.69) is 15.5 Å². The standard InChI is InChI=1S/C15H19N3O3/c1-4-20-12-7-5-11(6-8-12)14-17-13(21-18-14)9-16-15(19)10(2)3/h5-8,10H,4,9H2,1-3H3,(H,16,19). The molecule has 2 rings (SSSR count). The lowest BCUT2D eigenvalue weighted by atomic mass is 10.2. The molecule has 0 aliphatic carbocycles. The van der Waals surface area contributed by atoms with Gasteiger partial charge in [0.1, 0.15) is 5.75 Å². The number of hydrogen-bond donors (Lipinski definition) is 1. The lowest BCUT2D eigenvalue weighted by Crippen LogP contribution is -2.27. The normalized spacial score (nSPS) is 10.7. The maximum atomic E-state index is 11.5. The molecule has 0 spiro atoms. The van der Waals surface area contributed by atoms with Crippen molar-refractivity contribution in [3.63, 3.8) is 0 Å². The van der Waals surface area contributed by atoms with Gasteiger partial charge in [-0.2, -0.15) is 4.98 Å². The number of aromatic nitrogens is 2. The zero-order chi connectivity index (χ0) is 15.2. The molecule has 0 bridgehead atoms. The van der Waals surface area contributed by atoms with Crippen LogP contribution in [0, 0.1) is 5.92 Å². The van der Waals surface area contributed by atoms with Crippen LogP contribution < -0.4 is 10.1 Å². The van der Waals surface area contributed by atoms with Crippen LogP contribution >= 0.6 is 0 Å². The minimum atomic E-state index is -0.0708. The molecule has 1 aromatic carbocycles. The average molecular weight is 289 g/mol. The van der Waals surface area contributed by atoms with Crippen molar-refractivity contribution in [2.75, 3.05) is 6.61 Å². The Labute approximate surface area is 123 Å². The Morgan fingerprint density at radius 3 is 2.67 bits per heavy atom. The maximum Gasteiger partial charge on any atom is 0.246 e. The Bertz CT molecular complexity index is 590. The molecule has 21 heavy (non-hydrogen) atoms. The molecule has 0 radical (unpaired) electrons. The third kappa shape index (κ3) is 4.05. The first-order valence-corrected chi connectivity index (χ1v) is 6.93. The average Bonchev–Trinajstić information content (AvgIpc) is 2.94. The van der Waals surface area contributed by atoms with Crippen molar-refractivity contribution in [3.8, 4) is 17.1 Å². The van der Waals surface area contributed by atoms with E-state index < -0.39 is 0 Å². The Morgan fingerprint density at radius 2 is 2.05 bits per heavy atom. The highest BCUT2D eigenvalue weighted by Crippen LogP contribution is 2.19. The van der Waals surface area contributed by atoms with E-state index in [-0.39, 0.29) is 18.4 Å². The summed E-state index contributed by atoms with van der Waals surface area (Å²) in [5.41, 5.74) is 0.837. The smallest absolute Gasteiger partial charge is 0.246 e. The fourth-order valence-corrected chi connectivity index (χ4v) is 1.68. The molecule has 0 fully saturated rings. The number of benzene rings is 1. The molecule has 1 N–H and O–H groups in total. The monoisotopic (exact) mass is 289 g/mol. The summed E-state index contributed by atoms with van der Waals surface area (Å²) < 4.78 is 10.5. The number of carbonyl (C=O) groups is 1. The molecule has 1 aromatic heterocycles. The predicted octanol–water partition coefficient (Wildman–Crippen LogP) is 2.41. The van der Waals surface area contributed by atoms with Crippen molar-refractivity contribution in [2.45, 2.75) is 27.3 Å². The van der Waals surface area contributed by atoms with Gasteiger partial charge < -0.3 is 14.6 Å². The minimum absolute atomic E-state index is 0.0455. The van der Waals surface area contributed by atoms with E-state index in [1.165, 1.54) is 0 Å². The first-order valence-electron chi connectivity index (χ1n) is 6.93. The van der Waals surface area contributed by atoms with Gasteiger partial charge in [0.25, 0.3) is 0 Å². The summed E-state index contributed by atoms with van der Waals surface area (Å²) in [6.45, 7) is 6.45. The number of ether oxygens (including phenoxy) is 1. The fraction of sp³-hybridized carbons (Fsp3) is 0.400. The van der Waals surface area contributed by atoms with Crippen LogP contribution in [0.5, 0.6) is 5.75 Å². The molecule has 0 aliphatic rings. The summed E-state index contributed by atoms with van der Waals surface area (Å²) in [4.78, 5) is 15.7. The van der Waals surface area contributed by atoms with Gasteiger partial charge in [0.15, 0.2) is 0 Å². The molecule has 0 saturated carbocycles. The van der Waals surface area contributed by atoms with E-state index in [0.717, 1.165) is 11.3 Å². The van der Waals surface area contributed by atoms with Gasteiger partial charge in [0, 0.05) is 11.5 Å². The van der Waals surface area contributed by atoms with Crippen molar-refractivity contribution in [1.29, 1.82) is 0 Å². The maximum absolute atomic E-state index is 11.5. The SMILES string of the molecule is CCOc1ccc(-c2noc(CNC(=O)C(C)C)n2)cc1. The molecule has 1 amide bonds. The van der Waals surface area contributed by atoms with E-state index >= 15 is 0 Å². The summed E-state index contributed by atoms with van der Waals surface area (Å²) in [6, 6.07) is 7.45. The zero-order valence-corrected chi connectivity index (χ0v) is 12.4. The van der Waals surface area contributed by atoms with Gasteiger partial charge in [-0.1, -0.05) is 19.0 Å². The van der Waals surface area contributed by atoms with Gasteiger partial charge >= 0.3 is 0 Å². The second kappa shape index (κ2) is 6.88. The van der Waals surface area contributed by atoms with Crippen LogP contribution in [-0.4, -0.2) is 22.7 Å². The summed E-state index contributed by atoms with van der Waals surface area (Å²) in [5, 5.41) is 6.64. The Kier molecular flexibility index (Phi) is 4.92. The van der Waals surface area contributed by atoms with Crippen LogP contribution in [-0.2, 0) is 11.3 Å². The molecular formula is C15H19N3O3. The molecule has 2 aromatic rings. The quantitative estimate of drug-likeness (QED) is 0.883. The van der Waals surface area contributed by atoms with Crippen LogP contribution in [0.3, 0.4) is 0 Å². The number of amides is 1. The highest BCUT2D eigenvalue weighted by Gasteiger charge is 2.11. The van der Waals surface area contributed by atoms with Crippen molar-refractivity contribution in [2.24, 2.45) is 5.92 Å². The summed E-state index contributed by atoms with van der Waals surface area (Å²) >= 11 is 0. The van der Waals surface area contributed by atoms with Gasteiger partial charge in [-0.3, -0.25) is 4.79 Å². The fourth-order valence-electron chi connectivity index (χ4n) is 1.68. The summed E-state index contributed by atoms with van der Waals surface area (Å²) in [7, 11) is 0. The number of nitrogens with one attached hydrogen (secondary N) is 1. The van der Waals surface area contributed by atoms with E-state index in [1.54, 1.807) is 0 Å². The van der Waals surface area contributed by atoms with Gasteiger partial charge in [-0.25, -0.2) is 0 Å². The number of hydrogen-bond acceptors (Lipinski definition) is 5. The highest BCUT2D eigenvalue weighted by atomic mass is 16.5. The molecule has 0 atom stereocenters. The van der Waals surface area contributed by atoms with Crippen LogP contribution in [0.4, 0.5) is 0 Å². The van der Waals surface area contributed by atoms with Crippen LogP contribution in [0.25, 0.3) is 11.4 Å². The van der Waals surface area contributed by atoms with Crippen molar-refractivity contribution >= 4 is 5.91 Å². The topological polar surface area (TPSA) is 77.3 Å². The highest BCUT2D eigenvalue weighted by molar-refractivity contribution is 5.77. The largest absolute Gasteiger partial charge is 0.494 e. The minimum Gasteiger partial charge on any atom is -0.494 e. The van der Waals surface area contributed by atoms with Crippen molar-refractivity contribution < 1.29 is 14.1 Å². The summed E-state index contributed by atoms with van der Waals surface area (Å²) in [6.07, 6.45) is 0. The van der Waals surface area contributed by atoms with Crippen molar-refractivity contribution in [3.05, 3.63) is 30.2 Å². The number of nitrogens with zero attached hydrogens (tertiary/aromatic N) is 2. The van der Waals surface area contributed by atoms with Crippen LogP contribution in [0.1, 0.15) is 26.7 Å². The Hall–Kier alpha value is -2.37. The van der Waals surface area contributed by atoms with Crippen LogP contribution in [0.15, 0.2) is 28.8 Å². The lowest BCUT2D eigenvalue weighted by molar-refractivity contribution is -0.124. The molecule has 0 saturated heterocycles.